The lowest BCUT2D eigenvalue weighted by molar-refractivity contribution is -0.140. The number of nitrogens with one attached hydrogen (secondary N) is 1. The molecule has 1 N–H and O–H groups in total. The number of amides is 2. The molecular formula is C28H29FN2O2. The van der Waals surface area contributed by atoms with E-state index >= 15 is 0 Å². The first-order chi connectivity index (χ1) is 16.0. The molecule has 1 aliphatic heterocycles. The largest absolute Gasteiger partial charge is 0.359 e. The first-order valence-corrected chi connectivity index (χ1v) is 11.4. The van der Waals surface area contributed by atoms with Crippen LogP contribution in [-0.4, -0.2) is 36.9 Å². The molecule has 4 rings (SSSR count). The van der Waals surface area contributed by atoms with Crippen molar-refractivity contribution < 1.29 is 14.0 Å². The van der Waals surface area contributed by atoms with Gasteiger partial charge >= 0.3 is 0 Å². The fourth-order valence-corrected chi connectivity index (χ4v) is 4.79. The van der Waals surface area contributed by atoms with Crippen molar-refractivity contribution in [2.75, 3.05) is 20.1 Å². The van der Waals surface area contributed by atoms with Crippen molar-refractivity contribution in [1.29, 1.82) is 0 Å². The summed E-state index contributed by atoms with van der Waals surface area (Å²) in [4.78, 5) is 27.8. The van der Waals surface area contributed by atoms with Crippen LogP contribution in [0.3, 0.4) is 0 Å². The number of nitrogens with zero attached hydrogens (tertiary/aromatic N) is 1. The van der Waals surface area contributed by atoms with Gasteiger partial charge in [-0.1, -0.05) is 66.7 Å². The zero-order chi connectivity index (χ0) is 23.3. The van der Waals surface area contributed by atoms with Crippen LogP contribution in [0.5, 0.6) is 0 Å². The lowest BCUT2D eigenvalue weighted by Gasteiger charge is -2.41. The second-order valence-electron chi connectivity index (χ2n) is 8.75. The minimum absolute atomic E-state index is 0.00768. The van der Waals surface area contributed by atoms with Gasteiger partial charge < -0.3 is 10.2 Å². The summed E-state index contributed by atoms with van der Waals surface area (Å²) in [6, 6.07) is 24.1. The molecule has 1 aliphatic rings. The van der Waals surface area contributed by atoms with Gasteiger partial charge in [-0.25, -0.2) is 4.39 Å². The van der Waals surface area contributed by atoms with Crippen molar-refractivity contribution in [1.82, 2.24) is 10.2 Å². The predicted molar refractivity (Wildman–Crippen MR) is 128 cm³/mol. The molecule has 0 radical (unpaired) electrons. The molecule has 5 heteroatoms. The van der Waals surface area contributed by atoms with Crippen LogP contribution in [0.25, 0.3) is 11.1 Å². The second-order valence-corrected chi connectivity index (χ2v) is 8.75. The van der Waals surface area contributed by atoms with E-state index in [0.29, 0.717) is 38.8 Å². The van der Waals surface area contributed by atoms with E-state index in [1.54, 1.807) is 13.1 Å². The van der Waals surface area contributed by atoms with Crippen molar-refractivity contribution in [2.24, 2.45) is 5.41 Å². The van der Waals surface area contributed by atoms with Crippen LogP contribution in [0.4, 0.5) is 4.39 Å². The highest BCUT2D eigenvalue weighted by Gasteiger charge is 2.42. The first-order valence-electron chi connectivity index (χ1n) is 11.4. The van der Waals surface area contributed by atoms with Crippen molar-refractivity contribution in [3.63, 3.8) is 0 Å². The van der Waals surface area contributed by atoms with E-state index in [9.17, 15) is 14.0 Å². The number of likely N-dealkylation sites (tertiary alicyclic amines) is 1. The van der Waals surface area contributed by atoms with Gasteiger partial charge in [-0.3, -0.25) is 9.59 Å². The quantitative estimate of drug-likeness (QED) is 0.603. The van der Waals surface area contributed by atoms with Gasteiger partial charge in [-0.15, -0.1) is 0 Å². The highest BCUT2D eigenvalue weighted by Crippen LogP contribution is 2.38. The van der Waals surface area contributed by atoms with Gasteiger partial charge in [0.15, 0.2) is 0 Å². The molecule has 170 valence electrons. The van der Waals surface area contributed by atoms with E-state index in [4.69, 9.17) is 0 Å². The minimum Gasteiger partial charge on any atom is -0.359 e. The first kappa shape index (κ1) is 22.7. The van der Waals surface area contributed by atoms with Crippen LogP contribution in [-0.2, 0) is 22.4 Å². The number of rotatable bonds is 6. The maximum absolute atomic E-state index is 13.9. The van der Waals surface area contributed by atoms with E-state index in [1.807, 2.05) is 65.6 Å². The zero-order valence-electron chi connectivity index (χ0n) is 18.9. The van der Waals surface area contributed by atoms with E-state index in [1.165, 1.54) is 12.1 Å². The Morgan fingerprint density at radius 3 is 2.33 bits per heavy atom. The van der Waals surface area contributed by atoms with E-state index in [0.717, 1.165) is 22.3 Å². The van der Waals surface area contributed by atoms with Gasteiger partial charge in [-0.2, -0.15) is 0 Å². The minimum atomic E-state index is -0.609. The molecule has 2 amide bonds. The molecule has 0 unspecified atom stereocenters. The summed E-state index contributed by atoms with van der Waals surface area (Å²) in [5.74, 6) is -0.202. The Balaban J connectivity index is 1.53. The SMILES string of the molecule is CNC(=O)C1(Cc2ccccc2-c2cccc(F)c2)CCN(C(=O)Cc2ccccc2)CC1. The Labute approximate surface area is 194 Å². The molecule has 0 bridgehead atoms. The van der Waals surface area contributed by atoms with Crippen LogP contribution in [0, 0.1) is 11.2 Å². The van der Waals surface area contributed by atoms with Gasteiger partial charge in [-0.05, 0) is 53.6 Å². The molecule has 1 heterocycles. The number of hydrogen-bond acceptors (Lipinski definition) is 2. The molecule has 3 aromatic rings. The number of carbonyl (C=O) groups excluding carboxylic acids is 2. The third kappa shape index (κ3) is 5.14. The number of benzene rings is 3. The molecule has 0 aromatic heterocycles. The van der Waals surface area contributed by atoms with Gasteiger partial charge in [0.1, 0.15) is 5.82 Å². The summed E-state index contributed by atoms with van der Waals surface area (Å²) >= 11 is 0. The Hall–Kier alpha value is -3.47. The maximum atomic E-state index is 13.9. The molecule has 0 spiro atoms. The summed E-state index contributed by atoms with van der Waals surface area (Å²) in [5.41, 5.74) is 3.13. The zero-order valence-corrected chi connectivity index (χ0v) is 18.9. The van der Waals surface area contributed by atoms with Gasteiger partial charge in [0.05, 0.1) is 11.8 Å². The molecular weight excluding hydrogens is 415 g/mol. The Kier molecular flexibility index (Phi) is 6.87. The topological polar surface area (TPSA) is 49.4 Å². The Morgan fingerprint density at radius 2 is 1.64 bits per heavy atom. The lowest BCUT2D eigenvalue weighted by Crippen LogP contribution is -2.51. The van der Waals surface area contributed by atoms with Crippen molar-refractivity contribution in [3.05, 3.63) is 95.8 Å². The van der Waals surface area contributed by atoms with Crippen LogP contribution in [0.1, 0.15) is 24.0 Å². The summed E-state index contributed by atoms with van der Waals surface area (Å²) in [7, 11) is 1.66. The molecule has 4 nitrogen and oxygen atoms in total. The van der Waals surface area contributed by atoms with E-state index < -0.39 is 5.41 Å². The van der Waals surface area contributed by atoms with Gasteiger partial charge in [0, 0.05) is 20.1 Å². The highest BCUT2D eigenvalue weighted by molar-refractivity contribution is 5.84. The average Bonchev–Trinajstić information content (AvgIpc) is 2.85. The smallest absolute Gasteiger partial charge is 0.226 e. The van der Waals surface area contributed by atoms with Crippen LogP contribution < -0.4 is 5.32 Å². The van der Waals surface area contributed by atoms with Crippen LogP contribution in [0.2, 0.25) is 0 Å². The van der Waals surface area contributed by atoms with Crippen molar-refractivity contribution >= 4 is 11.8 Å². The average molecular weight is 445 g/mol. The summed E-state index contributed by atoms with van der Waals surface area (Å²) in [6.07, 6.45) is 2.09. The fraction of sp³-hybridized carbons (Fsp3) is 0.286. The number of hydrogen-bond donors (Lipinski definition) is 1. The number of carbonyl (C=O) groups is 2. The monoisotopic (exact) mass is 444 g/mol. The molecule has 1 fully saturated rings. The molecule has 1 saturated heterocycles. The van der Waals surface area contributed by atoms with Crippen LogP contribution >= 0.6 is 0 Å². The number of halogens is 1. The van der Waals surface area contributed by atoms with Crippen molar-refractivity contribution in [3.8, 4) is 11.1 Å². The molecule has 0 atom stereocenters. The highest BCUT2D eigenvalue weighted by atomic mass is 19.1. The fourth-order valence-electron chi connectivity index (χ4n) is 4.79. The summed E-state index contributed by atoms with van der Waals surface area (Å²) in [5, 5.41) is 2.85. The van der Waals surface area contributed by atoms with Crippen molar-refractivity contribution in [2.45, 2.75) is 25.7 Å². The Morgan fingerprint density at radius 1 is 0.939 bits per heavy atom. The maximum Gasteiger partial charge on any atom is 0.226 e. The third-order valence-electron chi connectivity index (χ3n) is 6.66. The van der Waals surface area contributed by atoms with E-state index in [-0.39, 0.29) is 17.6 Å². The predicted octanol–water partition coefficient (Wildman–Crippen LogP) is 4.63. The standard InChI is InChI=1S/C28H29FN2O2/c1-30-27(33)28(14-16-31(17-15-28)26(32)18-21-8-3-2-4-9-21)20-23-10-5-6-13-25(23)22-11-7-12-24(29)19-22/h2-13,19H,14-18,20H2,1H3,(H,30,33). The normalized spacial score (nSPS) is 15.2. The molecule has 33 heavy (non-hydrogen) atoms. The van der Waals surface area contributed by atoms with E-state index in [2.05, 4.69) is 5.32 Å². The molecule has 3 aromatic carbocycles. The Bertz CT molecular complexity index is 1120. The van der Waals surface area contributed by atoms with Gasteiger partial charge in [0.2, 0.25) is 11.8 Å². The summed E-state index contributed by atoms with van der Waals surface area (Å²) in [6.45, 7) is 1.09. The molecule has 0 saturated carbocycles. The van der Waals surface area contributed by atoms with Gasteiger partial charge in [0.25, 0.3) is 0 Å². The lowest BCUT2D eigenvalue weighted by atomic mass is 9.72. The van der Waals surface area contributed by atoms with Crippen LogP contribution in [0.15, 0.2) is 78.9 Å². The second kappa shape index (κ2) is 9.99. The third-order valence-corrected chi connectivity index (χ3v) is 6.66. The summed E-state index contributed by atoms with van der Waals surface area (Å²) < 4.78 is 13.9. The molecule has 0 aliphatic carbocycles. The number of piperidine rings is 1.